The second kappa shape index (κ2) is 5.47. The van der Waals surface area contributed by atoms with Crippen molar-refractivity contribution in [1.82, 2.24) is 4.72 Å². The lowest BCUT2D eigenvalue weighted by atomic mass is 10.3. The first-order chi connectivity index (χ1) is 8.18. The van der Waals surface area contributed by atoms with Crippen LogP contribution in [0.2, 0.25) is 0 Å². The van der Waals surface area contributed by atoms with E-state index in [-0.39, 0.29) is 10.6 Å². The van der Waals surface area contributed by atoms with E-state index in [1.165, 1.54) is 18.2 Å². The fourth-order valence-electron chi connectivity index (χ4n) is 1.08. The minimum Gasteiger partial charge on any atom is -0.398 e. The number of aliphatic hydroxyl groups excluding tert-OH is 1. The summed E-state index contributed by atoms with van der Waals surface area (Å²) in [6.07, 6.45) is 0. The van der Waals surface area contributed by atoms with Crippen molar-refractivity contribution in [3.05, 3.63) is 22.7 Å². The summed E-state index contributed by atoms with van der Waals surface area (Å²) in [6, 6.07) is 4.06. The minimum absolute atomic E-state index is 0.0574. The van der Waals surface area contributed by atoms with Crippen molar-refractivity contribution < 1.29 is 22.3 Å². The average molecular weight is 345 g/mol. The van der Waals surface area contributed by atoms with Gasteiger partial charge in [0.25, 0.3) is 5.92 Å². The Hall–Kier alpha value is -0.770. The molecule has 0 unspecified atom stereocenters. The van der Waals surface area contributed by atoms with Crippen molar-refractivity contribution in [3.8, 4) is 0 Å². The zero-order valence-electron chi connectivity index (χ0n) is 9.03. The molecule has 0 aliphatic carbocycles. The zero-order chi connectivity index (χ0) is 14.0. The smallest absolute Gasteiger partial charge is 0.283 e. The number of alkyl halides is 2. The Bertz CT molecular complexity index is 537. The summed E-state index contributed by atoms with van der Waals surface area (Å²) in [6.45, 7) is -2.64. The number of anilines is 1. The molecule has 1 aromatic carbocycles. The molecule has 0 atom stereocenters. The highest BCUT2D eigenvalue weighted by atomic mass is 79.9. The van der Waals surface area contributed by atoms with Gasteiger partial charge in [-0.1, -0.05) is 15.9 Å². The first-order valence-electron chi connectivity index (χ1n) is 4.71. The topological polar surface area (TPSA) is 92.4 Å². The molecule has 0 heterocycles. The Morgan fingerprint density at radius 2 is 2.06 bits per heavy atom. The summed E-state index contributed by atoms with van der Waals surface area (Å²) in [7, 11) is -4.15. The monoisotopic (exact) mass is 344 g/mol. The van der Waals surface area contributed by atoms with Crippen LogP contribution in [0.25, 0.3) is 0 Å². The molecule has 9 heteroatoms. The predicted octanol–water partition coefficient (Wildman–Crippen LogP) is 0.937. The van der Waals surface area contributed by atoms with Gasteiger partial charge in [0.15, 0.2) is 0 Å². The highest BCUT2D eigenvalue weighted by Gasteiger charge is 2.30. The maximum Gasteiger partial charge on any atom is 0.283 e. The van der Waals surface area contributed by atoms with Gasteiger partial charge in [0.2, 0.25) is 10.0 Å². The number of aliphatic hydroxyl groups is 1. The van der Waals surface area contributed by atoms with Gasteiger partial charge in [-0.2, -0.15) is 0 Å². The lowest BCUT2D eigenvalue weighted by Gasteiger charge is -2.15. The predicted molar refractivity (Wildman–Crippen MR) is 65.8 cm³/mol. The molecule has 0 saturated heterocycles. The van der Waals surface area contributed by atoms with Crippen molar-refractivity contribution in [2.24, 2.45) is 0 Å². The van der Waals surface area contributed by atoms with Gasteiger partial charge in [0, 0.05) is 4.47 Å². The lowest BCUT2D eigenvalue weighted by Crippen LogP contribution is -2.39. The third kappa shape index (κ3) is 3.87. The maximum absolute atomic E-state index is 12.8. The van der Waals surface area contributed by atoms with E-state index in [4.69, 9.17) is 10.8 Å². The molecular formula is C9H11BrF2N2O3S. The molecule has 0 spiro atoms. The van der Waals surface area contributed by atoms with Crippen LogP contribution in [0.5, 0.6) is 0 Å². The quantitative estimate of drug-likeness (QED) is 0.693. The van der Waals surface area contributed by atoms with Gasteiger partial charge in [0.1, 0.15) is 11.5 Å². The van der Waals surface area contributed by atoms with Crippen molar-refractivity contribution >= 4 is 31.6 Å². The van der Waals surface area contributed by atoms with Crippen LogP contribution in [-0.4, -0.2) is 32.6 Å². The van der Waals surface area contributed by atoms with E-state index in [9.17, 15) is 17.2 Å². The van der Waals surface area contributed by atoms with Crippen LogP contribution in [0.1, 0.15) is 0 Å². The molecular weight excluding hydrogens is 334 g/mol. The molecule has 0 amide bonds. The molecule has 0 fully saturated rings. The van der Waals surface area contributed by atoms with E-state index in [0.29, 0.717) is 4.47 Å². The number of hydrogen-bond acceptors (Lipinski definition) is 4. The average Bonchev–Trinajstić information content (AvgIpc) is 2.30. The second-order valence-corrected chi connectivity index (χ2v) is 6.17. The molecule has 0 aliphatic rings. The molecule has 4 N–H and O–H groups in total. The number of benzene rings is 1. The number of nitrogens with two attached hydrogens (primary N) is 1. The highest BCUT2D eigenvalue weighted by molar-refractivity contribution is 9.10. The Labute approximate surface area is 111 Å². The molecule has 0 bridgehead atoms. The molecule has 1 aromatic rings. The number of halogens is 3. The molecule has 5 nitrogen and oxygen atoms in total. The summed E-state index contributed by atoms with van der Waals surface area (Å²) in [5, 5.41) is 8.34. The molecule has 18 heavy (non-hydrogen) atoms. The van der Waals surface area contributed by atoms with Crippen molar-refractivity contribution in [3.63, 3.8) is 0 Å². The summed E-state index contributed by atoms with van der Waals surface area (Å²) in [5.74, 6) is -3.52. The third-order valence-electron chi connectivity index (χ3n) is 2.02. The fourth-order valence-corrected chi connectivity index (χ4v) is 2.80. The van der Waals surface area contributed by atoms with Crippen molar-refractivity contribution in [2.45, 2.75) is 10.8 Å². The molecule has 0 saturated carbocycles. The van der Waals surface area contributed by atoms with Crippen LogP contribution in [0.3, 0.4) is 0 Å². The van der Waals surface area contributed by atoms with Gasteiger partial charge in [-0.3, -0.25) is 0 Å². The van der Waals surface area contributed by atoms with Gasteiger partial charge in [-0.25, -0.2) is 21.9 Å². The molecule has 0 radical (unpaired) electrons. The van der Waals surface area contributed by atoms with Crippen LogP contribution < -0.4 is 10.5 Å². The van der Waals surface area contributed by atoms with Gasteiger partial charge >= 0.3 is 0 Å². The number of rotatable bonds is 5. The summed E-state index contributed by atoms with van der Waals surface area (Å²) >= 11 is 3.06. The number of hydrogen-bond donors (Lipinski definition) is 3. The van der Waals surface area contributed by atoms with E-state index in [0.717, 1.165) is 0 Å². The lowest BCUT2D eigenvalue weighted by molar-refractivity contribution is -0.0437. The van der Waals surface area contributed by atoms with Crippen LogP contribution in [0.4, 0.5) is 14.5 Å². The summed E-state index contributed by atoms with van der Waals surface area (Å²) in [4.78, 5) is -0.300. The second-order valence-electron chi connectivity index (χ2n) is 3.52. The van der Waals surface area contributed by atoms with E-state index in [1.807, 2.05) is 0 Å². The van der Waals surface area contributed by atoms with E-state index < -0.39 is 29.1 Å². The van der Waals surface area contributed by atoms with Crippen LogP contribution in [0.15, 0.2) is 27.6 Å². The van der Waals surface area contributed by atoms with E-state index in [1.54, 1.807) is 4.72 Å². The van der Waals surface area contributed by atoms with Crippen LogP contribution >= 0.6 is 15.9 Å². The molecule has 0 aromatic heterocycles. The Balaban J connectivity index is 2.97. The fraction of sp³-hybridized carbons (Fsp3) is 0.333. The Kier molecular flexibility index (Phi) is 4.65. The van der Waals surface area contributed by atoms with Gasteiger partial charge in [-0.15, -0.1) is 0 Å². The van der Waals surface area contributed by atoms with Gasteiger partial charge in [-0.05, 0) is 18.2 Å². The number of nitrogen functional groups attached to an aromatic ring is 1. The van der Waals surface area contributed by atoms with Crippen LogP contribution in [0, 0.1) is 0 Å². The largest absolute Gasteiger partial charge is 0.398 e. The standard InChI is InChI=1S/C9H11BrF2N2O3S/c10-6-1-2-7(13)8(3-6)18(16,17)14-4-9(11,12)5-15/h1-3,14-15H,4-5,13H2. The minimum atomic E-state index is -4.15. The van der Waals surface area contributed by atoms with Crippen molar-refractivity contribution in [2.75, 3.05) is 18.9 Å². The third-order valence-corrected chi connectivity index (χ3v) is 3.97. The first kappa shape index (κ1) is 15.3. The normalized spacial score (nSPS) is 12.7. The SMILES string of the molecule is Nc1ccc(Br)cc1S(=O)(=O)NCC(F)(F)CO. The Morgan fingerprint density at radius 1 is 1.44 bits per heavy atom. The Morgan fingerprint density at radius 3 is 2.61 bits per heavy atom. The van der Waals surface area contributed by atoms with Crippen molar-refractivity contribution in [1.29, 1.82) is 0 Å². The van der Waals surface area contributed by atoms with E-state index >= 15 is 0 Å². The summed E-state index contributed by atoms with van der Waals surface area (Å²) < 4.78 is 51.2. The molecule has 0 aliphatic heterocycles. The molecule has 102 valence electrons. The number of nitrogens with one attached hydrogen (secondary N) is 1. The van der Waals surface area contributed by atoms with Gasteiger partial charge in [0.05, 0.1) is 12.2 Å². The van der Waals surface area contributed by atoms with E-state index in [2.05, 4.69) is 15.9 Å². The number of sulfonamides is 1. The van der Waals surface area contributed by atoms with Crippen LogP contribution in [-0.2, 0) is 10.0 Å². The first-order valence-corrected chi connectivity index (χ1v) is 6.99. The highest BCUT2D eigenvalue weighted by Crippen LogP contribution is 2.23. The maximum atomic E-state index is 12.8. The molecule has 1 rings (SSSR count). The summed E-state index contributed by atoms with van der Waals surface area (Å²) in [5.41, 5.74) is 5.41. The zero-order valence-corrected chi connectivity index (χ0v) is 11.4. The van der Waals surface area contributed by atoms with Gasteiger partial charge < -0.3 is 10.8 Å².